The Bertz CT molecular complexity index is 26.4. The zero-order chi connectivity index (χ0) is 6.28. The normalized spacial score (nSPS) is 7.86. The summed E-state index contributed by atoms with van der Waals surface area (Å²) in [4.78, 5) is 1.76. The van der Waals surface area contributed by atoms with Gasteiger partial charge in [0, 0.05) is 21.1 Å². The molecule has 0 unspecified atom stereocenters. The van der Waals surface area contributed by atoms with Crippen LogP contribution in [0.5, 0.6) is 0 Å². The van der Waals surface area contributed by atoms with Crippen molar-refractivity contribution in [1.29, 1.82) is 0 Å². The third-order valence-electron chi connectivity index (χ3n) is 0.382. The fourth-order valence-corrected chi connectivity index (χ4v) is 0. The minimum atomic E-state index is 0. The molecular weight excluding hydrogens is 258 g/mol. The summed E-state index contributed by atoms with van der Waals surface area (Å²) in [7, 11) is 7.91. The van der Waals surface area contributed by atoms with E-state index < -0.39 is 0 Å². The second kappa shape index (κ2) is 9.82. The van der Waals surface area contributed by atoms with Gasteiger partial charge in [0.1, 0.15) is 0 Å². The third-order valence-corrected chi connectivity index (χ3v) is 0.382. The minimum absolute atomic E-state index is 0. The molecule has 1 nitrogen and oxygen atoms in total. The van der Waals surface area contributed by atoms with Gasteiger partial charge >= 0.3 is 0 Å². The molecule has 0 saturated carbocycles. The van der Waals surface area contributed by atoms with E-state index >= 15 is 0 Å². The fraction of sp³-hybridized carbons (Fsp3) is 0.400. The molecule has 0 bridgehead atoms. The molecule has 0 fully saturated rings. The van der Waals surface area contributed by atoms with Crippen LogP contribution >= 0.6 is 0 Å². The van der Waals surface area contributed by atoms with Crippen LogP contribution in [0.3, 0.4) is 0 Å². The van der Waals surface area contributed by atoms with Crippen molar-refractivity contribution in [3.63, 3.8) is 0 Å². The Labute approximate surface area is 62.8 Å². The van der Waals surface area contributed by atoms with Crippen molar-refractivity contribution in [3.05, 3.63) is 21.4 Å². The molecule has 0 rings (SSSR count). The molecule has 0 spiro atoms. The number of nitrogens with zero attached hydrogens (tertiary/aromatic N) is 1. The van der Waals surface area contributed by atoms with Crippen molar-refractivity contribution in [2.45, 2.75) is 0 Å². The van der Waals surface area contributed by atoms with Gasteiger partial charge in [-0.05, 0) is 7.05 Å². The first-order valence-electron chi connectivity index (χ1n) is 2.29. The van der Waals surface area contributed by atoms with Crippen molar-refractivity contribution < 1.29 is 22.4 Å². The van der Waals surface area contributed by atoms with E-state index in [4.69, 9.17) is 1.37 Å². The summed E-state index contributed by atoms with van der Waals surface area (Å²) in [6, 6.07) is 0. The summed E-state index contributed by atoms with van der Waals surface area (Å²) in [5, 5.41) is 0. The minimum Gasteiger partial charge on any atom is -0.487 e. The fourth-order valence-electron chi connectivity index (χ4n) is 0. The Morgan fingerprint density at radius 3 is 2.00 bits per heavy atom. The summed E-state index contributed by atoms with van der Waals surface area (Å²) in [5.74, 6) is 0. The Balaban J connectivity index is -0.0000000750. The van der Waals surface area contributed by atoms with Crippen molar-refractivity contribution in [2.24, 2.45) is 0 Å². The number of rotatable bonds is 1. The molecule has 0 aromatic rings. The van der Waals surface area contributed by atoms with Crippen LogP contribution in [-0.4, -0.2) is 18.5 Å². The average molecular weight is 271 g/mol. The number of hydrogen-bond acceptors (Lipinski definition) is 1. The summed E-state index contributed by atoms with van der Waals surface area (Å²) in [5.41, 5.74) is 0. The van der Waals surface area contributed by atoms with Crippen LogP contribution in [0.4, 0.5) is 0 Å². The second-order valence-corrected chi connectivity index (χ2v) is 1.08. The Morgan fingerprint density at radius 1 is 1.86 bits per heavy atom. The molecule has 0 radical (unpaired) electrons. The van der Waals surface area contributed by atoms with Crippen molar-refractivity contribution in [1.82, 2.24) is 4.90 Å². The monoisotopic (exact) mass is 271 g/mol. The standard InChI is InChI=1S/C4H9N.CH3.W/c1-4-5(2)3;;/h1-2,4H2,3H3;1H3;/q-2;-1;/i;1D;. The molecule has 0 amide bonds. The first-order valence-corrected chi connectivity index (χ1v) is 1.58. The molecule has 7 heavy (non-hydrogen) atoms. The summed E-state index contributed by atoms with van der Waals surface area (Å²) < 4.78 is 5.50. The second-order valence-electron chi connectivity index (χ2n) is 1.08. The maximum atomic E-state index is 5.50. The van der Waals surface area contributed by atoms with Gasteiger partial charge < -0.3 is 19.2 Å². The van der Waals surface area contributed by atoms with Crippen LogP contribution in [0.25, 0.3) is 0 Å². The SMILES string of the molecule is [2H][CH2-].[CH2-]CN([CH2-])C.[W]. The van der Waals surface area contributed by atoms with Gasteiger partial charge in [0.05, 0.1) is 0 Å². The largest absolute Gasteiger partial charge is 0.487 e. The van der Waals surface area contributed by atoms with Crippen molar-refractivity contribution in [3.8, 4) is 0 Å². The predicted molar refractivity (Wildman–Crippen MR) is 29.8 cm³/mol. The molecule has 0 aromatic heterocycles. The maximum Gasteiger partial charge on any atom is 0 e. The van der Waals surface area contributed by atoms with Gasteiger partial charge in [-0.2, -0.15) is 6.54 Å². The van der Waals surface area contributed by atoms with Crippen molar-refractivity contribution >= 4 is 0 Å². The van der Waals surface area contributed by atoms with Crippen LogP contribution < -0.4 is 0 Å². The zero-order valence-corrected chi connectivity index (χ0v) is 7.62. The summed E-state index contributed by atoms with van der Waals surface area (Å²) >= 11 is 0. The molecule has 0 atom stereocenters. The Morgan fingerprint density at radius 2 is 2.00 bits per heavy atom. The maximum absolute atomic E-state index is 5.50. The van der Waals surface area contributed by atoms with Crippen LogP contribution in [0.1, 0.15) is 1.37 Å². The number of hydrogen-bond donors (Lipinski definition) is 0. The van der Waals surface area contributed by atoms with E-state index in [0.29, 0.717) is 0 Å². The molecule has 0 N–H and O–H groups in total. The Hall–Kier alpha value is 0.648. The van der Waals surface area contributed by atoms with E-state index in [9.17, 15) is 0 Å². The molecular formula is C5H12NW-3. The van der Waals surface area contributed by atoms with Gasteiger partial charge in [0.15, 0.2) is 0 Å². The van der Waals surface area contributed by atoms with Gasteiger partial charge in [-0.15, -0.1) is 0 Å². The van der Waals surface area contributed by atoms with Gasteiger partial charge in [-0.25, -0.2) is 1.37 Å². The first-order chi connectivity index (χ1) is 3.27. The van der Waals surface area contributed by atoms with E-state index in [-0.39, 0.29) is 21.1 Å². The van der Waals surface area contributed by atoms with E-state index in [1.165, 1.54) is 0 Å². The summed E-state index contributed by atoms with van der Waals surface area (Å²) in [6.45, 7) is 4.33. The zero-order valence-electron chi connectivity index (χ0n) is 5.68. The van der Waals surface area contributed by atoms with Crippen molar-refractivity contribution in [2.75, 3.05) is 13.6 Å². The van der Waals surface area contributed by atoms with Crippen LogP contribution in [0, 0.1) is 21.4 Å². The van der Waals surface area contributed by atoms with Gasteiger partial charge in [-0.3, -0.25) is 7.05 Å². The van der Waals surface area contributed by atoms with Crippen LogP contribution in [0.15, 0.2) is 0 Å². The molecule has 0 aliphatic rings. The topological polar surface area (TPSA) is 3.24 Å². The molecule has 0 aliphatic carbocycles. The van der Waals surface area contributed by atoms with Crippen LogP contribution in [0.2, 0.25) is 0 Å². The van der Waals surface area contributed by atoms with Gasteiger partial charge in [0.2, 0.25) is 0 Å². The molecule has 0 aromatic carbocycles. The smallest absolute Gasteiger partial charge is 0 e. The predicted octanol–water partition coefficient (Wildman–Crippen LogP) is 0.992. The van der Waals surface area contributed by atoms with E-state index in [2.05, 4.69) is 21.4 Å². The van der Waals surface area contributed by atoms with Gasteiger partial charge in [-0.1, -0.05) is 0 Å². The average Bonchev–Trinajstić information content (AvgIpc) is 1.73. The molecule has 2 heteroatoms. The molecule has 0 heterocycles. The molecule has 46 valence electrons. The first kappa shape index (κ1) is 10.6. The van der Waals surface area contributed by atoms with E-state index in [0.717, 1.165) is 6.54 Å². The molecule has 0 aliphatic heterocycles. The third kappa shape index (κ3) is 20.5. The summed E-state index contributed by atoms with van der Waals surface area (Å²) in [6.07, 6.45) is 0. The Kier molecular flexibility index (Phi) is 14.9. The molecule has 0 saturated heterocycles. The van der Waals surface area contributed by atoms with Gasteiger partial charge in [0.25, 0.3) is 0 Å². The van der Waals surface area contributed by atoms with Crippen LogP contribution in [-0.2, 0) is 21.1 Å². The quantitative estimate of drug-likeness (QED) is 0.643. The van der Waals surface area contributed by atoms with E-state index in [1.54, 1.807) is 4.90 Å². The van der Waals surface area contributed by atoms with E-state index in [1.807, 2.05) is 7.05 Å².